The maximum absolute atomic E-state index is 12.3. The molecule has 0 aliphatic rings. The summed E-state index contributed by atoms with van der Waals surface area (Å²) < 4.78 is 11.3. The minimum absolute atomic E-state index is 0.163. The van der Waals surface area contributed by atoms with Gasteiger partial charge in [0, 0.05) is 12.1 Å². The first-order valence-corrected chi connectivity index (χ1v) is 9.73. The van der Waals surface area contributed by atoms with E-state index < -0.39 is 11.7 Å². The van der Waals surface area contributed by atoms with Crippen molar-refractivity contribution in [2.45, 2.75) is 38.8 Å². The van der Waals surface area contributed by atoms with Gasteiger partial charge in [0.2, 0.25) is 0 Å². The van der Waals surface area contributed by atoms with Crippen LogP contribution in [-0.4, -0.2) is 37.3 Å². The fourth-order valence-electron chi connectivity index (χ4n) is 2.64. The SMILES string of the molecule is CNC(=O)c1ccccc1OC[C@H](Cc1ccc(Cl)cc1)NC(=O)OC(C)(C)C. The van der Waals surface area contributed by atoms with Crippen LogP contribution in [0.4, 0.5) is 4.79 Å². The quantitative estimate of drug-likeness (QED) is 0.706. The molecule has 2 N–H and O–H groups in total. The summed E-state index contributed by atoms with van der Waals surface area (Å²) in [5.41, 5.74) is 0.804. The number of amides is 2. The van der Waals surface area contributed by atoms with E-state index >= 15 is 0 Å². The summed E-state index contributed by atoms with van der Waals surface area (Å²) in [6.45, 7) is 5.57. The summed E-state index contributed by atoms with van der Waals surface area (Å²) in [5.74, 6) is 0.203. The Morgan fingerprint density at radius 1 is 1.07 bits per heavy atom. The Balaban J connectivity index is 2.13. The molecule has 0 unspecified atom stereocenters. The highest BCUT2D eigenvalue weighted by atomic mass is 35.5. The van der Waals surface area contributed by atoms with Crippen LogP contribution in [0.1, 0.15) is 36.7 Å². The molecule has 2 aromatic carbocycles. The third-order valence-electron chi connectivity index (χ3n) is 3.91. The Morgan fingerprint density at radius 3 is 2.34 bits per heavy atom. The summed E-state index contributed by atoms with van der Waals surface area (Å²) in [6, 6.07) is 14.0. The lowest BCUT2D eigenvalue weighted by molar-refractivity contribution is 0.0487. The predicted octanol–water partition coefficient (Wildman–Crippen LogP) is 4.21. The van der Waals surface area contributed by atoms with Gasteiger partial charge in [-0.05, 0) is 57.0 Å². The monoisotopic (exact) mass is 418 g/mol. The molecule has 0 aliphatic heterocycles. The van der Waals surface area contributed by atoms with Crippen molar-refractivity contribution in [1.29, 1.82) is 0 Å². The summed E-state index contributed by atoms with van der Waals surface area (Å²) >= 11 is 5.95. The van der Waals surface area contributed by atoms with Crippen LogP contribution in [0.15, 0.2) is 48.5 Å². The lowest BCUT2D eigenvalue weighted by Crippen LogP contribution is -2.43. The van der Waals surface area contributed by atoms with Gasteiger partial charge in [0.1, 0.15) is 18.0 Å². The summed E-state index contributed by atoms with van der Waals surface area (Å²) in [6.07, 6.45) is -0.0156. The molecule has 0 saturated carbocycles. The van der Waals surface area contributed by atoms with Crippen LogP contribution in [0.5, 0.6) is 5.75 Å². The Kier molecular flexibility index (Phi) is 7.91. The predicted molar refractivity (Wildman–Crippen MR) is 114 cm³/mol. The third-order valence-corrected chi connectivity index (χ3v) is 4.17. The number of benzene rings is 2. The molecule has 2 aromatic rings. The highest BCUT2D eigenvalue weighted by molar-refractivity contribution is 6.30. The van der Waals surface area contributed by atoms with Gasteiger partial charge >= 0.3 is 6.09 Å². The van der Waals surface area contributed by atoms with Gasteiger partial charge < -0.3 is 20.1 Å². The van der Waals surface area contributed by atoms with Gasteiger partial charge in [-0.3, -0.25) is 4.79 Å². The van der Waals surface area contributed by atoms with Crippen molar-refractivity contribution < 1.29 is 19.1 Å². The van der Waals surface area contributed by atoms with Crippen molar-refractivity contribution >= 4 is 23.6 Å². The van der Waals surface area contributed by atoms with Crippen LogP contribution in [-0.2, 0) is 11.2 Å². The molecule has 7 heteroatoms. The Morgan fingerprint density at radius 2 is 1.72 bits per heavy atom. The van der Waals surface area contributed by atoms with E-state index in [9.17, 15) is 9.59 Å². The highest BCUT2D eigenvalue weighted by Gasteiger charge is 2.21. The van der Waals surface area contributed by atoms with E-state index in [0.29, 0.717) is 22.8 Å². The van der Waals surface area contributed by atoms with Crippen molar-refractivity contribution in [2.24, 2.45) is 0 Å². The summed E-state index contributed by atoms with van der Waals surface area (Å²) in [5, 5.41) is 6.08. The number of alkyl carbamates (subject to hydrolysis) is 1. The van der Waals surface area contributed by atoms with Gasteiger partial charge in [-0.15, -0.1) is 0 Å². The van der Waals surface area contributed by atoms with Crippen LogP contribution in [0.2, 0.25) is 5.02 Å². The second-order valence-corrected chi connectivity index (χ2v) is 8.00. The van der Waals surface area contributed by atoms with E-state index in [4.69, 9.17) is 21.1 Å². The Bertz CT molecular complexity index is 831. The lowest BCUT2D eigenvalue weighted by Gasteiger charge is -2.24. The molecule has 0 aliphatic carbocycles. The summed E-state index contributed by atoms with van der Waals surface area (Å²) in [7, 11) is 1.56. The van der Waals surface area contributed by atoms with Gasteiger partial charge in [-0.25, -0.2) is 4.79 Å². The van der Waals surface area contributed by atoms with Crippen LogP contribution in [0.3, 0.4) is 0 Å². The molecule has 2 rings (SSSR count). The standard InChI is InChI=1S/C22H27ClN2O4/c1-22(2,3)29-21(27)25-17(13-15-9-11-16(23)12-10-15)14-28-19-8-6-5-7-18(19)20(26)24-4/h5-12,17H,13-14H2,1-4H3,(H,24,26)(H,25,27)/t17-/m0/s1. The maximum atomic E-state index is 12.3. The molecule has 2 amide bonds. The molecular formula is C22H27ClN2O4. The molecular weight excluding hydrogens is 392 g/mol. The number of nitrogens with one attached hydrogen (secondary N) is 2. The Hall–Kier alpha value is -2.73. The molecule has 0 bridgehead atoms. The number of halogens is 1. The molecule has 0 aromatic heterocycles. The zero-order valence-corrected chi connectivity index (χ0v) is 17.9. The number of carbonyl (C=O) groups excluding carboxylic acids is 2. The number of ether oxygens (including phenoxy) is 2. The molecule has 156 valence electrons. The van der Waals surface area contributed by atoms with Crippen LogP contribution in [0, 0.1) is 0 Å². The van der Waals surface area contributed by atoms with Gasteiger partial charge in [0.15, 0.2) is 0 Å². The first-order valence-electron chi connectivity index (χ1n) is 9.36. The van der Waals surface area contributed by atoms with Gasteiger partial charge in [-0.1, -0.05) is 35.9 Å². The van der Waals surface area contributed by atoms with E-state index in [0.717, 1.165) is 5.56 Å². The maximum Gasteiger partial charge on any atom is 0.408 e. The number of para-hydroxylation sites is 1. The van der Waals surface area contributed by atoms with Crippen molar-refractivity contribution in [3.05, 3.63) is 64.7 Å². The average molecular weight is 419 g/mol. The van der Waals surface area contributed by atoms with Gasteiger partial charge in [0.25, 0.3) is 5.91 Å². The molecule has 0 radical (unpaired) electrons. The number of rotatable bonds is 7. The van der Waals surface area contributed by atoms with Crippen molar-refractivity contribution in [3.8, 4) is 5.75 Å². The smallest absolute Gasteiger partial charge is 0.408 e. The first-order chi connectivity index (χ1) is 13.7. The molecule has 0 spiro atoms. The van der Waals surface area contributed by atoms with Crippen LogP contribution < -0.4 is 15.4 Å². The minimum Gasteiger partial charge on any atom is -0.491 e. The zero-order valence-electron chi connectivity index (χ0n) is 17.1. The Labute approximate surface area is 176 Å². The highest BCUT2D eigenvalue weighted by Crippen LogP contribution is 2.19. The molecule has 1 atom stereocenters. The van der Waals surface area contributed by atoms with E-state index in [1.807, 2.05) is 12.1 Å². The number of carbonyl (C=O) groups is 2. The van der Waals surface area contributed by atoms with Gasteiger partial charge in [0.05, 0.1) is 11.6 Å². The van der Waals surface area contributed by atoms with E-state index in [2.05, 4.69) is 10.6 Å². The van der Waals surface area contributed by atoms with Gasteiger partial charge in [-0.2, -0.15) is 0 Å². The second-order valence-electron chi connectivity index (χ2n) is 7.56. The molecule has 0 heterocycles. The molecule has 6 nitrogen and oxygen atoms in total. The zero-order chi connectivity index (χ0) is 21.4. The van der Waals surface area contributed by atoms with E-state index in [1.54, 1.807) is 64.2 Å². The summed E-state index contributed by atoms with van der Waals surface area (Å²) in [4.78, 5) is 24.3. The number of hydrogen-bond donors (Lipinski definition) is 2. The van der Waals surface area contributed by atoms with E-state index in [1.165, 1.54) is 0 Å². The largest absolute Gasteiger partial charge is 0.491 e. The molecule has 0 saturated heterocycles. The average Bonchev–Trinajstić information content (AvgIpc) is 2.66. The van der Waals surface area contributed by atoms with Crippen molar-refractivity contribution in [2.75, 3.05) is 13.7 Å². The fraction of sp³-hybridized carbons (Fsp3) is 0.364. The minimum atomic E-state index is -0.610. The van der Waals surface area contributed by atoms with E-state index in [-0.39, 0.29) is 18.6 Å². The molecule has 0 fully saturated rings. The van der Waals surface area contributed by atoms with Crippen molar-refractivity contribution in [1.82, 2.24) is 10.6 Å². The van der Waals surface area contributed by atoms with Crippen molar-refractivity contribution in [3.63, 3.8) is 0 Å². The normalized spacial score (nSPS) is 12.0. The molecule has 29 heavy (non-hydrogen) atoms. The third kappa shape index (κ3) is 7.66. The fourth-order valence-corrected chi connectivity index (χ4v) is 2.76. The second kappa shape index (κ2) is 10.2. The van der Waals surface area contributed by atoms with Crippen LogP contribution >= 0.6 is 11.6 Å². The lowest BCUT2D eigenvalue weighted by atomic mass is 10.1. The first kappa shape index (κ1) is 22.6. The number of hydrogen-bond acceptors (Lipinski definition) is 4. The van der Waals surface area contributed by atoms with Crippen LogP contribution in [0.25, 0.3) is 0 Å². The topological polar surface area (TPSA) is 76.7 Å².